The minimum atomic E-state index is -0.924. The van der Waals surface area contributed by atoms with Crippen molar-refractivity contribution in [1.29, 1.82) is 0 Å². The summed E-state index contributed by atoms with van der Waals surface area (Å²) in [5.74, 6) is 0.574. The van der Waals surface area contributed by atoms with Crippen LogP contribution in [-0.4, -0.2) is 44.2 Å². The number of hydrogen-bond donors (Lipinski definition) is 1. The number of aliphatic hydroxyl groups excluding tert-OH is 1. The number of nitrogens with zero attached hydrogens (tertiary/aromatic N) is 1. The van der Waals surface area contributed by atoms with Gasteiger partial charge in [-0.1, -0.05) is 19.9 Å². The minimum absolute atomic E-state index is 0.0232. The molecule has 0 bridgehead atoms. The molecule has 0 aliphatic carbocycles. The van der Waals surface area contributed by atoms with Crippen molar-refractivity contribution >= 4 is 23.1 Å². The molecule has 1 N–H and O–H groups in total. The molecule has 1 saturated heterocycles. The zero-order chi connectivity index (χ0) is 29.0. The first kappa shape index (κ1) is 28.5. The van der Waals surface area contributed by atoms with E-state index in [1.807, 2.05) is 27.7 Å². The van der Waals surface area contributed by atoms with E-state index in [1.54, 1.807) is 60.7 Å². The van der Waals surface area contributed by atoms with Gasteiger partial charge in [0.1, 0.15) is 17.3 Å². The first-order valence-electron chi connectivity index (χ1n) is 13.3. The van der Waals surface area contributed by atoms with Gasteiger partial charge in [0.05, 0.1) is 39.0 Å². The largest absolute Gasteiger partial charge is 0.507 e. The highest BCUT2D eigenvalue weighted by Crippen LogP contribution is 2.45. The van der Waals surface area contributed by atoms with Crippen molar-refractivity contribution < 1.29 is 33.6 Å². The summed E-state index contributed by atoms with van der Waals surface area (Å²) in [6, 6.07) is 16.5. The van der Waals surface area contributed by atoms with Gasteiger partial charge in [-0.3, -0.25) is 14.5 Å². The number of methoxy groups -OCH3 is 2. The van der Waals surface area contributed by atoms with Gasteiger partial charge in [-0.15, -0.1) is 0 Å². The minimum Gasteiger partial charge on any atom is -0.507 e. The molecule has 1 unspecified atom stereocenters. The molecule has 0 radical (unpaired) electrons. The lowest BCUT2D eigenvalue weighted by atomic mass is 9.93. The number of rotatable bonds is 10. The normalized spacial score (nSPS) is 16.4. The Morgan fingerprint density at radius 3 is 2.10 bits per heavy atom. The van der Waals surface area contributed by atoms with Gasteiger partial charge < -0.3 is 24.1 Å². The lowest BCUT2D eigenvalue weighted by Gasteiger charge is -2.26. The molecule has 1 heterocycles. The molecule has 1 aliphatic rings. The number of ketones is 1. The van der Waals surface area contributed by atoms with Crippen LogP contribution in [0.2, 0.25) is 0 Å². The molecule has 0 saturated carbocycles. The van der Waals surface area contributed by atoms with Crippen LogP contribution in [0.4, 0.5) is 5.69 Å². The SMILES string of the molecule is CCOc1ccc(N2C(=O)C(=O)/C(=C(/O)c3ccc(OCC)c(C(C)C)c3)C2c2ccc(OC)c(OC)c2)cc1. The fourth-order valence-electron chi connectivity index (χ4n) is 4.90. The molecule has 1 fully saturated rings. The maximum Gasteiger partial charge on any atom is 0.300 e. The van der Waals surface area contributed by atoms with Gasteiger partial charge in [0.15, 0.2) is 11.5 Å². The lowest BCUT2D eigenvalue weighted by Crippen LogP contribution is -2.29. The molecule has 3 aromatic rings. The van der Waals surface area contributed by atoms with Gasteiger partial charge in [-0.2, -0.15) is 0 Å². The fourth-order valence-corrected chi connectivity index (χ4v) is 4.90. The molecule has 0 spiro atoms. The Kier molecular flexibility index (Phi) is 8.67. The highest BCUT2D eigenvalue weighted by Gasteiger charge is 2.47. The number of amides is 1. The summed E-state index contributed by atoms with van der Waals surface area (Å²) in [5, 5.41) is 11.6. The Hall–Kier alpha value is -4.46. The third-order valence-electron chi connectivity index (χ3n) is 6.80. The van der Waals surface area contributed by atoms with E-state index in [-0.39, 0.29) is 17.3 Å². The average molecular weight is 546 g/mol. The Bertz CT molecular complexity index is 1430. The maximum absolute atomic E-state index is 13.6. The highest BCUT2D eigenvalue weighted by molar-refractivity contribution is 6.51. The van der Waals surface area contributed by atoms with Gasteiger partial charge in [-0.05, 0) is 85.5 Å². The molecule has 40 heavy (non-hydrogen) atoms. The number of hydrogen-bond acceptors (Lipinski definition) is 7. The van der Waals surface area contributed by atoms with Crippen molar-refractivity contribution in [1.82, 2.24) is 0 Å². The van der Waals surface area contributed by atoms with Crippen molar-refractivity contribution in [2.45, 2.75) is 39.7 Å². The van der Waals surface area contributed by atoms with Crippen LogP contribution in [0.5, 0.6) is 23.0 Å². The Morgan fingerprint density at radius 1 is 0.850 bits per heavy atom. The number of carbonyl (C=O) groups excluding carboxylic acids is 2. The molecule has 8 heteroatoms. The van der Waals surface area contributed by atoms with Crippen molar-refractivity contribution in [3.8, 4) is 23.0 Å². The molecule has 4 rings (SSSR count). The topological polar surface area (TPSA) is 94.5 Å². The summed E-state index contributed by atoms with van der Waals surface area (Å²) in [7, 11) is 3.04. The summed E-state index contributed by atoms with van der Waals surface area (Å²) in [4.78, 5) is 28.6. The van der Waals surface area contributed by atoms with E-state index in [0.29, 0.717) is 53.0 Å². The number of ether oxygens (including phenoxy) is 4. The molecule has 3 aromatic carbocycles. The standard InChI is InChI=1S/C32H35NO7/c1-7-39-23-13-11-22(12-14-23)33-29(20-9-16-26(37-5)27(18-20)38-6)28(31(35)32(33)36)30(34)21-10-15-25(40-8-2)24(17-21)19(3)4/h9-19,29,34H,7-8H2,1-6H3/b30-28+. The van der Waals surface area contributed by atoms with E-state index in [0.717, 1.165) is 5.56 Å². The van der Waals surface area contributed by atoms with Gasteiger partial charge in [0.2, 0.25) is 0 Å². The second-order valence-corrected chi connectivity index (χ2v) is 9.55. The third kappa shape index (κ3) is 5.34. The maximum atomic E-state index is 13.6. The first-order chi connectivity index (χ1) is 19.2. The van der Waals surface area contributed by atoms with E-state index in [4.69, 9.17) is 18.9 Å². The molecular formula is C32H35NO7. The molecule has 1 aliphatic heterocycles. The van der Waals surface area contributed by atoms with Crippen molar-refractivity contribution in [2.24, 2.45) is 0 Å². The van der Waals surface area contributed by atoms with Crippen LogP contribution in [0.1, 0.15) is 56.3 Å². The predicted molar refractivity (Wildman–Crippen MR) is 154 cm³/mol. The zero-order valence-electron chi connectivity index (χ0n) is 23.7. The van der Waals surface area contributed by atoms with Crippen LogP contribution < -0.4 is 23.8 Å². The molecule has 1 amide bonds. The molecule has 210 valence electrons. The number of anilines is 1. The van der Waals surface area contributed by atoms with Crippen LogP contribution in [-0.2, 0) is 9.59 Å². The predicted octanol–water partition coefficient (Wildman–Crippen LogP) is 6.25. The second kappa shape index (κ2) is 12.2. The average Bonchev–Trinajstić information content (AvgIpc) is 3.23. The summed E-state index contributed by atoms with van der Waals surface area (Å²) >= 11 is 0. The van der Waals surface area contributed by atoms with Gasteiger partial charge in [-0.25, -0.2) is 0 Å². The van der Waals surface area contributed by atoms with Gasteiger partial charge >= 0.3 is 0 Å². The van der Waals surface area contributed by atoms with E-state index in [2.05, 4.69) is 0 Å². The lowest BCUT2D eigenvalue weighted by molar-refractivity contribution is -0.132. The van der Waals surface area contributed by atoms with Crippen LogP contribution in [0.3, 0.4) is 0 Å². The Morgan fingerprint density at radius 2 is 1.50 bits per heavy atom. The number of aliphatic hydroxyl groups is 1. The first-order valence-corrected chi connectivity index (χ1v) is 13.3. The van der Waals surface area contributed by atoms with E-state index in [9.17, 15) is 14.7 Å². The third-order valence-corrected chi connectivity index (χ3v) is 6.80. The van der Waals surface area contributed by atoms with Crippen LogP contribution in [0.15, 0.2) is 66.2 Å². The zero-order valence-corrected chi connectivity index (χ0v) is 23.7. The van der Waals surface area contributed by atoms with Crippen LogP contribution >= 0.6 is 0 Å². The molecule has 0 aromatic heterocycles. The number of Topliss-reactive ketones (excluding diaryl/α,β-unsaturated/α-hetero) is 1. The van der Waals surface area contributed by atoms with Gasteiger partial charge in [0, 0.05) is 11.3 Å². The summed E-state index contributed by atoms with van der Waals surface area (Å²) < 4.78 is 22.2. The number of benzene rings is 3. The Balaban J connectivity index is 1.93. The summed E-state index contributed by atoms with van der Waals surface area (Å²) in [5.41, 5.74) is 2.34. The fraction of sp³-hybridized carbons (Fsp3) is 0.312. The monoisotopic (exact) mass is 545 g/mol. The number of carbonyl (C=O) groups is 2. The smallest absolute Gasteiger partial charge is 0.300 e. The van der Waals surface area contributed by atoms with E-state index < -0.39 is 17.7 Å². The van der Waals surface area contributed by atoms with Crippen LogP contribution in [0, 0.1) is 0 Å². The molecule has 1 atom stereocenters. The summed E-state index contributed by atoms with van der Waals surface area (Å²) in [6.45, 7) is 8.83. The van der Waals surface area contributed by atoms with E-state index >= 15 is 0 Å². The van der Waals surface area contributed by atoms with Gasteiger partial charge in [0.25, 0.3) is 11.7 Å². The second-order valence-electron chi connectivity index (χ2n) is 9.55. The van der Waals surface area contributed by atoms with Crippen LogP contribution in [0.25, 0.3) is 5.76 Å². The van der Waals surface area contributed by atoms with Crippen molar-refractivity contribution in [3.05, 3.63) is 82.9 Å². The van der Waals surface area contributed by atoms with E-state index in [1.165, 1.54) is 19.1 Å². The Labute approximate surface area is 234 Å². The summed E-state index contributed by atoms with van der Waals surface area (Å²) in [6.07, 6.45) is 0. The van der Waals surface area contributed by atoms with Crippen molar-refractivity contribution in [3.63, 3.8) is 0 Å². The molecular weight excluding hydrogens is 510 g/mol. The quantitative estimate of drug-likeness (QED) is 0.183. The molecule has 8 nitrogen and oxygen atoms in total. The van der Waals surface area contributed by atoms with Crippen molar-refractivity contribution in [2.75, 3.05) is 32.3 Å². The highest BCUT2D eigenvalue weighted by atomic mass is 16.5.